The molecule has 0 aliphatic carbocycles. The van der Waals surface area contributed by atoms with E-state index in [0.29, 0.717) is 38.7 Å². The van der Waals surface area contributed by atoms with E-state index in [2.05, 4.69) is 20.1 Å². The second kappa shape index (κ2) is 11.2. The molecule has 1 saturated heterocycles. The molecule has 1 amide bonds. The number of oxazole rings is 1. The highest BCUT2D eigenvalue weighted by atomic mass is 19.1. The highest BCUT2D eigenvalue weighted by Gasteiger charge is 2.21. The molecule has 1 fully saturated rings. The number of rotatable bonds is 10. The number of hydrogen-bond donors (Lipinski definition) is 2. The molecule has 8 nitrogen and oxygen atoms in total. The summed E-state index contributed by atoms with van der Waals surface area (Å²) in [4.78, 5) is 20.9. The van der Waals surface area contributed by atoms with Crippen LogP contribution in [-0.4, -0.2) is 77.8 Å². The number of β-amino-alcohol motifs (C(OH)–C–C–N with tert-alkyl or cyclic N) is 1. The summed E-state index contributed by atoms with van der Waals surface area (Å²) in [5.74, 6) is -0.150. The van der Waals surface area contributed by atoms with E-state index in [1.807, 2.05) is 6.92 Å². The van der Waals surface area contributed by atoms with Crippen molar-refractivity contribution in [3.63, 3.8) is 0 Å². The summed E-state index contributed by atoms with van der Waals surface area (Å²) < 4.78 is 23.6. The van der Waals surface area contributed by atoms with E-state index >= 15 is 0 Å². The number of carbonyl (C=O) groups excluding carboxylic acids is 1. The molecule has 1 unspecified atom stereocenters. The Morgan fingerprint density at radius 3 is 2.67 bits per heavy atom. The monoisotopic (exact) mass is 420 g/mol. The summed E-state index contributed by atoms with van der Waals surface area (Å²) in [6.45, 7) is 7.64. The molecule has 164 valence electrons. The first-order valence-corrected chi connectivity index (χ1v) is 10.2. The lowest BCUT2D eigenvalue weighted by atomic mass is 10.2. The van der Waals surface area contributed by atoms with Crippen LogP contribution in [0.25, 0.3) is 0 Å². The molecule has 1 atom stereocenters. The van der Waals surface area contributed by atoms with Gasteiger partial charge < -0.3 is 19.6 Å². The van der Waals surface area contributed by atoms with Gasteiger partial charge in [0.05, 0.1) is 19.3 Å². The van der Waals surface area contributed by atoms with Gasteiger partial charge in [0.2, 0.25) is 5.89 Å². The molecule has 1 aliphatic heterocycles. The first-order chi connectivity index (χ1) is 14.5. The molecule has 0 radical (unpaired) electrons. The maximum atomic E-state index is 12.9. The van der Waals surface area contributed by atoms with Gasteiger partial charge in [-0.3, -0.25) is 14.6 Å². The van der Waals surface area contributed by atoms with E-state index in [4.69, 9.17) is 9.15 Å². The molecule has 1 aliphatic rings. The number of benzene rings is 1. The quantitative estimate of drug-likeness (QED) is 0.598. The van der Waals surface area contributed by atoms with E-state index in [9.17, 15) is 14.3 Å². The van der Waals surface area contributed by atoms with Crippen LogP contribution >= 0.6 is 0 Å². The van der Waals surface area contributed by atoms with Crippen molar-refractivity contribution in [3.8, 4) is 0 Å². The zero-order valence-electron chi connectivity index (χ0n) is 17.2. The van der Waals surface area contributed by atoms with Crippen LogP contribution in [0.4, 0.5) is 4.39 Å². The van der Waals surface area contributed by atoms with Gasteiger partial charge in [-0.1, -0.05) is 12.1 Å². The van der Waals surface area contributed by atoms with E-state index in [-0.39, 0.29) is 17.4 Å². The predicted octanol–water partition coefficient (Wildman–Crippen LogP) is 1.26. The van der Waals surface area contributed by atoms with Crippen molar-refractivity contribution in [2.45, 2.75) is 26.1 Å². The van der Waals surface area contributed by atoms with Crippen LogP contribution in [0.5, 0.6) is 0 Å². The molecule has 30 heavy (non-hydrogen) atoms. The number of nitrogens with zero attached hydrogens (tertiary/aromatic N) is 3. The normalized spacial score (nSPS) is 16.5. The lowest BCUT2D eigenvalue weighted by Crippen LogP contribution is -2.48. The fraction of sp³-hybridized carbons (Fsp3) is 0.524. The highest BCUT2D eigenvalue weighted by molar-refractivity contribution is 5.91. The predicted molar refractivity (Wildman–Crippen MR) is 108 cm³/mol. The maximum absolute atomic E-state index is 12.9. The number of aliphatic hydroxyl groups excluding tert-OH is 1. The Balaban J connectivity index is 1.40. The molecule has 1 aromatic carbocycles. The summed E-state index contributed by atoms with van der Waals surface area (Å²) in [5, 5.41) is 12.7. The van der Waals surface area contributed by atoms with Gasteiger partial charge >= 0.3 is 0 Å². The maximum Gasteiger partial charge on any atom is 0.273 e. The topological polar surface area (TPSA) is 91.1 Å². The Bertz CT molecular complexity index is 791. The Kier molecular flexibility index (Phi) is 8.32. The summed E-state index contributed by atoms with van der Waals surface area (Å²) >= 11 is 0. The summed E-state index contributed by atoms with van der Waals surface area (Å²) in [7, 11) is 0. The summed E-state index contributed by atoms with van der Waals surface area (Å²) in [6.07, 6.45) is 0.884. The Hall–Kier alpha value is -2.33. The van der Waals surface area contributed by atoms with Crippen molar-refractivity contribution < 1.29 is 23.4 Å². The van der Waals surface area contributed by atoms with E-state index in [1.54, 1.807) is 12.1 Å². The van der Waals surface area contributed by atoms with Gasteiger partial charge in [-0.2, -0.15) is 0 Å². The van der Waals surface area contributed by atoms with Crippen LogP contribution in [0, 0.1) is 5.82 Å². The van der Waals surface area contributed by atoms with Crippen molar-refractivity contribution >= 4 is 5.91 Å². The van der Waals surface area contributed by atoms with Gasteiger partial charge in [0, 0.05) is 45.9 Å². The third kappa shape index (κ3) is 6.88. The number of ether oxygens (including phenoxy) is 1. The van der Waals surface area contributed by atoms with Crippen LogP contribution in [-0.2, 0) is 17.8 Å². The van der Waals surface area contributed by atoms with Crippen molar-refractivity contribution in [3.05, 3.63) is 53.5 Å². The number of aromatic nitrogens is 1. The zero-order valence-corrected chi connectivity index (χ0v) is 17.2. The lowest BCUT2D eigenvalue weighted by Gasteiger charge is -2.34. The fourth-order valence-electron chi connectivity index (χ4n) is 3.29. The van der Waals surface area contributed by atoms with E-state index < -0.39 is 6.10 Å². The Labute approximate surface area is 175 Å². The number of amides is 1. The van der Waals surface area contributed by atoms with Gasteiger partial charge in [-0.25, -0.2) is 9.37 Å². The second-order valence-corrected chi connectivity index (χ2v) is 7.33. The van der Waals surface area contributed by atoms with Gasteiger partial charge in [0.1, 0.15) is 12.1 Å². The minimum Gasteiger partial charge on any atom is -0.447 e. The molecule has 2 N–H and O–H groups in total. The Morgan fingerprint density at radius 1 is 1.27 bits per heavy atom. The smallest absolute Gasteiger partial charge is 0.273 e. The third-order valence-electron chi connectivity index (χ3n) is 4.96. The van der Waals surface area contributed by atoms with Crippen LogP contribution < -0.4 is 5.32 Å². The molecule has 0 saturated carbocycles. The lowest BCUT2D eigenvalue weighted by molar-refractivity contribution is 0.00949. The van der Waals surface area contributed by atoms with Gasteiger partial charge in [-0.05, 0) is 24.6 Å². The van der Waals surface area contributed by atoms with Crippen molar-refractivity contribution in [1.82, 2.24) is 20.1 Å². The number of nitrogens with one attached hydrogen (secondary N) is 1. The van der Waals surface area contributed by atoms with Gasteiger partial charge in [0.15, 0.2) is 5.69 Å². The van der Waals surface area contributed by atoms with Gasteiger partial charge in [-0.15, -0.1) is 0 Å². The van der Waals surface area contributed by atoms with Crippen LogP contribution in [0.15, 0.2) is 34.9 Å². The largest absolute Gasteiger partial charge is 0.447 e. The van der Waals surface area contributed by atoms with Crippen LogP contribution in [0.2, 0.25) is 0 Å². The first kappa shape index (κ1) is 22.4. The number of hydrogen-bond acceptors (Lipinski definition) is 7. The van der Waals surface area contributed by atoms with Crippen LogP contribution in [0.1, 0.15) is 28.9 Å². The van der Waals surface area contributed by atoms with E-state index in [1.165, 1.54) is 18.4 Å². The minimum absolute atomic E-state index is 0.227. The molecule has 9 heteroatoms. The third-order valence-corrected chi connectivity index (χ3v) is 4.96. The van der Waals surface area contributed by atoms with Gasteiger partial charge in [0.25, 0.3) is 5.91 Å². The Morgan fingerprint density at radius 2 is 1.97 bits per heavy atom. The molecule has 1 aromatic heterocycles. The average Bonchev–Trinajstić information content (AvgIpc) is 3.21. The fourth-order valence-corrected chi connectivity index (χ4v) is 3.29. The molecule has 2 heterocycles. The minimum atomic E-state index is -0.473. The number of carbonyl (C=O) groups is 1. The van der Waals surface area contributed by atoms with E-state index in [0.717, 1.165) is 31.7 Å². The SMILES string of the molecule is CCOCC(O)CN1CCN(Cc2nc(C(=O)NCc3ccc(F)cc3)co2)CC1. The zero-order chi connectivity index (χ0) is 21.3. The summed E-state index contributed by atoms with van der Waals surface area (Å²) in [6, 6.07) is 5.96. The summed E-state index contributed by atoms with van der Waals surface area (Å²) in [5.41, 5.74) is 1.03. The van der Waals surface area contributed by atoms with Crippen LogP contribution in [0.3, 0.4) is 0 Å². The van der Waals surface area contributed by atoms with Crippen molar-refractivity contribution in [1.29, 1.82) is 0 Å². The molecule has 0 bridgehead atoms. The van der Waals surface area contributed by atoms with Crippen molar-refractivity contribution in [2.24, 2.45) is 0 Å². The highest BCUT2D eigenvalue weighted by Crippen LogP contribution is 2.10. The second-order valence-electron chi connectivity index (χ2n) is 7.33. The molecular weight excluding hydrogens is 391 g/mol. The molecular formula is C21H29FN4O4. The number of halogens is 1. The number of piperazine rings is 1. The molecule has 2 aromatic rings. The average molecular weight is 420 g/mol. The first-order valence-electron chi connectivity index (χ1n) is 10.2. The van der Waals surface area contributed by atoms with Crippen molar-refractivity contribution in [2.75, 3.05) is 45.9 Å². The molecule has 3 rings (SSSR count). The standard InChI is InChI=1S/C21H29FN4O4/c1-2-29-14-18(27)12-25-7-9-26(10-8-25)13-20-24-19(15-30-20)21(28)23-11-16-3-5-17(22)6-4-16/h3-6,15,18,27H,2,7-14H2,1H3,(H,23,28). The number of aliphatic hydroxyl groups is 1. The molecule has 0 spiro atoms.